The quantitative estimate of drug-likeness (QED) is 0.781. The van der Waals surface area contributed by atoms with Crippen LogP contribution in [0.5, 0.6) is 0 Å². The van der Waals surface area contributed by atoms with Crippen LogP contribution in [0.25, 0.3) is 0 Å². The summed E-state index contributed by atoms with van der Waals surface area (Å²) in [6, 6.07) is 5.35. The third-order valence-electron chi connectivity index (χ3n) is 3.04. The average Bonchev–Trinajstić information content (AvgIpc) is 3.02. The second-order valence-corrected chi connectivity index (χ2v) is 6.50. The van der Waals surface area contributed by atoms with Gasteiger partial charge in [0.15, 0.2) is 0 Å². The molecule has 4 nitrogen and oxygen atoms in total. The molecule has 0 saturated carbocycles. The first-order valence-electron chi connectivity index (χ1n) is 6.64. The van der Waals surface area contributed by atoms with Crippen molar-refractivity contribution in [3.63, 3.8) is 0 Å². The fraction of sp³-hybridized carbons (Fsp3) is 0.200. The maximum absolute atomic E-state index is 13.5. The van der Waals surface area contributed by atoms with Crippen molar-refractivity contribution < 1.29 is 14.0 Å². The van der Waals surface area contributed by atoms with Crippen LogP contribution in [-0.4, -0.2) is 18.4 Å². The fourth-order valence-corrected chi connectivity index (χ4v) is 3.08. The summed E-state index contributed by atoms with van der Waals surface area (Å²) in [5.74, 6) is -1.34. The average molecular weight is 375 g/mol. The van der Waals surface area contributed by atoms with Crippen LogP contribution in [0.1, 0.15) is 28.2 Å². The Morgan fingerprint density at radius 1 is 1.30 bits per heavy atom. The molecule has 0 radical (unpaired) electrons. The van der Waals surface area contributed by atoms with Crippen LogP contribution in [-0.2, 0) is 4.79 Å². The molecule has 0 spiro atoms. The number of amides is 2. The molecule has 0 bridgehead atoms. The van der Waals surface area contributed by atoms with E-state index in [4.69, 9.17) is 23.2 Å². The standard InChI is InChI=1S/C15H13Cl2FN2O2S/c1-8(9-5-12(18)11(17)6-10(9)16)20-14(21)7-19-15(22)13-3-2-4-23-13/h2-6,8H,7H2,1H3,(H,19,22)(H,20,21)/t8-/m0/s1. The minimum absolute atomic E-state index is 0.0829. The number of hydrogen-bond donors (Lipinski definition) is 2. The molecule has 23 heavy (non-hydrogen) atoms. The second-order valence-electron chi connectivity index (χ2n) is 4.74. The molecule has 2 amide bonds. The highest BCUT2D eigenvalue weighted by atomic mass is 35.5. The zero-order valence-electron chi connectivity index (χ0n) is 12.0. The molecule has 0 aliphatic rings. The van der Waals surface area contributed by atoms with Crippen molar-refractivity contribution in [2.75, 3.05) is 6.54 Å². The SMILES string of the molecule is C[C@H](NC(=O)CNC(=O)c1cccs1)c1cc(F)c(Cl)cc1Cl. The topological polar surface area (TPSA) is 58.2 Å². The van der Waals surface area contributed by atoms with Gasteiger partial charge < -0.3 is 10.6 Å². The number of benzene rings is 1. The predicted octanol–water partition coefficient (Wildman–Crippen LogP) is 3.80. The molecule has 1 atom stereocenters. The molecule has 1 aromatic carbocycles. The van der Waals surface area contributed by atoms with Gasteiger partial charge in [0.1, 0.15) is 5.82 Å². The highest BCUT2D eigenvalue weighted by Gasteiger charge is 2.16. The Morgan fingerprint density at radius 2 is 2.04 bits per heavy atom. The van der Waals surface area contributed by atoms with E-state index >= 15 is 0 Å². The molecule has 122 valence electrons. The number of carbonyl (C=O) groups is 2. The van der Waals surface area contributed by atoms with Gasteiger partial charge in [-0.3, -0.25) is 9.59 Å². The van der Waals surface area contributed by atoms with E-state index in [-0.39, 0.29) is 22.5 Å². The van der Waals surface area contributed by atoms with Crippen LogP contribution in [0.3, 0.4) is 0 Å². The Hall–Kier alpha value is -1.63. The van der Waals surface area contributed by atoms with E-state index in [0.717, 1.165) is 0 Å². The lowest BCUT2D eigenvalue weighted by Crippen LogP contribution is -2.37. The van der Waals surface area contributed by atoms with E-state index in [1.165, 1.54) is 23.5 Å². The summed E-state index contributed by atoms with van der Waals surface area (Å²) in [5, 5.41) is 7.09. The van der Waals surface area contributed by atoms with Gasteiger partial charge in [0.25, 0.3) is 5.91 Å². The largest absolute Gasteiger partial charge is 0.348 e. The molecule has 0 saturated heterocycles. The molecular weight excluding hydrogens is 362 g/mol. The minimum Gasteiger partial charge on any atom is -0.348 e. The van der Waals surface area contributed by atoms with Gasteiger partial charge in [0.2, 0.25) is 5.91 Å². The molecule has 0 aliphatic heterocycles. The lowest BCUT2D eigenvalue weighted by Gasteiger charge is -2.16. The fourth-order valence-electron chi connectivity index (χ4n) is 1.90. The van der Waals surface area contributed by atoms with Crippen LogP contribution in [0.15, 0.2) is 29.6 Å². The first kappa shape index (κ1) is 17.7. The Kier molecular flexibility index (Phi) is 5.98. The molecule has 2 rings (SSSR count). The van der Waals surface area contributed by atoms with E-state index in [1.807, 2.05) is 0 Å². The van der Waals surface area contributed by atoms with Gasteiger partial charge in [-0.15, -0.1) is 11.3 Å². The number of thiophene rings is 1. The smallest absolute Gasteiger partial charge is 0.261 e. The Labute approximate surface area is 146 Å². The Morgan fingerprint density at radius 3 is 2.70 bits per heavy atom. The molecule has 0 unspecified atom stereocenters. The van der Waals surface area contributed by atoms with Gasteiger partial charge in [0.05, 0.1) is 22.5 Å². The van der Waals surface area contributed by atoms with Crippen molar-refractivity contribution >= 4 is 46.4 Å². The molecule has 0 aliphatic carbocycles. The van der Waals surface area contributed by atoms with E-state index in [0.29, 0.717) is 10.4 Å². The number of rotatable bonds is 5. The maximum Gasteiger partial charge on any atom is 0.261 e. The van der Waals surface area contributed by atoms with E-state index in [1.54, 1.807) is 24.4 Å². The van der Waals surface area contributed by atoms with Crippen molar-refractivity contribution in [1.82, 2.24) is 10.6 Å². The van der Waals surface area contributed by atoms with Gasteiger partial charge in [0, 0.05) is 5.02 Å². The summed E-state index contributed by atoms with van der Waals surface area (Å²) < 4.78 is 13.5. The second kappa shape index (κ2) is 7.77. The number of halogens is 3. The van der Waals surface area contributed by atoms with Crippen LogP contribution in [0.4, 0.5) is 4.39 Å². The first-order valence-corrected chi connectivity index (χ1v) is 8.27. The zero-order valence-corrected chi connectivity index (χ0v) is 14.4. The molecule has 1 heterocycles. The van der Waals surface area contributed by atoms with Crippen LogP contribution < -0.4 is 10.6 Å². The molecular formula is C15H13Cl2FN2O2S. The monoisotopic (exact) mass is 374 g/mol. The molecule has 0 fully saturated rings. The van der Waals surface area contributed by atoms with Crippen molar-refractivity contribution in [3.8, 4) is 0 Å². The zero-order chi connectivity index (χ0) is 17.0. The summed E-state index contributed by atoms with van der Waals surface area (Å²) in [5.41, 5.74) is 0.409. The highest BCUT2D eigenvalue weighted by Crippen LogP contribution is 2.28. The number of carbonyl (C=O) groups excluding carboxylic acids is 2. The highest BCUT2D eigenvalue weighted by molar-refractivity contribution is 7.12. The summed E-state index contributed by atoms with van der Waals surface area (Å²) in [6.45, 7) is 1.47. The number of hydrogen-bond acceptors (Lipinski definition) is 3. The van der Waals surface area contributed by atoms with Crippen molar-refractivity contribution in [3.05, 3.63) is 55.9 Å². The molecule has 8 heteroatoms. The third-order valence-corrected chi connectivity index (χ3v) is 4.52. The van der Waals surface area contributed by atoms with Crippen LogP contribution in [0.2, 0.25) is 10.0 Å². The van der Waals surface area contributed by atoms with Gasteiger partial charge >= 0.3 is 0 Å². The van der Waals surface area contributed by atoms with Crippen molar-refractivity contribution in [2.24, 2.45) is 0 Å². The molecule has 2 N–H and O–H groups in total. The molecule has 2 aromatic rings. The van der Waals surface area contributed by atoms with Crippen molar-refractivity contribution in [1.29, 1.82) is 0 Å². The van der Waals surface area contributed by atoms with Gasteiger partial charge in [-0.25, -0.2) is 4.39 Å². The summed E-state index contributed by atoms with van der Waals surface area (Å²) in [4.78, 5) is 24.1. The van der Waals surface area contributed by atoms with Gasteiger partial charge in [-0.2, -0.15) is 0 Å². The minimum atomic E-state index is -0.613. The van der Waals surface area contributed by atoms with E-state index in [9.17, 15) is 14.0 Å². The summed E-state index contributed by atoms with van der Waals surface area (Å²) in [7, 11) is 0. The normalized spacial score (nSPS) is 11.8. The lowest BCUT2D eigenvalue weighted by atomic mass is 10.1. The van der Waals surface area contributed by atoms with Crippen LogP contribution in [0, 0.1) is 5.82 Å². The van der Waals surface area contributed by atoms with E-state index in [2.05, 4.69) is 10.6 Å². The van der Waals surface area contributed by atoms with Crippen molar-refractivity contribution in [2.45, 2.75) is 13.0 Å². The maximum atomic E-state index is 13.5. The van der Waals surface area contributed by atoms with E-state index < -0.39 is 17.8 Å². The van der Waals surface area contributed by atoms with Gasteiger partial charge in [-0.1, -0.05) is 29.3 Å². The Bertz CT molecular complexity index is 723. The van der Waals surface area contributed by atoms with Gasteiger partial charge in [-0.05, 0) is 36.1 Å². The first-order chi connectivity index (χ1) is 10.9. The third kappa shape index (κ3) is 4.67. The molecule has 1 aromatic heterocycles. The lowest BCUT2D eigenvalue weighted by molar-refractivity contribution is -0.120. The predicted molar refractivity (Wildman–Crippen MR) is 89.6 cm³/mol. The number of nitrogens with one attached hydrogen (secondary N) is 2. The Balaban J connectivity index is 1.92. The summed E-state index contributed by atoms with van der Waals surface area (Å²) >= 11 is 12.9. The summed E-state index contributed by atoms with van der Waals surface area (Å²) in [6.07, 6.45) is 0. The van der Waals surface area contributed by atoms with Crippen LogP contribution >= 0.6 is 34.5 Å².